The quantitative estimate of drug-likeness (QED) is 0.0906. The molecule has 6 aromatic rings. The van der Waals surface area contributed by atoms with Gasteiger partial charge in [-0.3, -0.25) is 9.05 Å². The minimum absolute atomic E-state index is 0.338. The molecule has 7 rings (SSSR count). The summed E-state index contributed by atoms with van der Waals surface area (Å²) in [7, 11) is -2.08. The van der Waals surface area contributed by atoms with Crippen molar-refractivity contribution in [3.05, 3.63) is 192 Å². The van der Waals surface area contributed by atoms with E-state index in [1.165, 1.54) is 0 Å². The first-order valence-electron chi connectivity index (χ1n) is 16.5. The second-order valence-corrected chi connectivity index (χ2v) is 13.9. The first-order chi connectivity index (χ1) is 24.3. The van der Waals surface area contributed by atoms with Gasteiger partial charge in [-0.2, -0.15) is 0 Å². The van der Waals surface area contributed by atoms with Crippen LogP contribution in [0.15, 0.2) is 170 Å². The Morgan fingerprint density at radius 2 is 0.840 bits per heavy atom. The lowest BCUT2D eigenvalue weighted by atomic mass is 9.66. The number of rotatable bonds is 8. The minimum atomic E-state index is -2.08. The van der Waals surface area contributed by atoms with E-state index in [1.54, 1.807) is 26.8 Å². The molecule has 0 radical (unpaired) electrons. The molecule has 1 aliphatic rings. The van der Waals surface area contributed by atoms with Crippen LogP contribution in [0.5, 0.6) is 11.5 Å². The lowest BCUT2D eigenvalue weighted by molar-refractivity contribution is 0.00370. The largest absolute Gasteiger partial charge is 0.514 e. The van der Waals surface area contributed by atoms with Crippen LogP contribution in [0.25, 0.3) is 11.1 Å². The van der Waals surface area contributed by atoms with Gasteiger partial charge in [-0.05, 0) is 55.2 Å². The summed E-state index contributed by atoms with van der Waals surface area (Å²) in [6, 6.07) is 55.6. The molecule has 1 fully saturated rings. The molecule has 0 saturated carbocycles. The zero-order chi connectivity index (χ0) is 34.6. The van der Waals surface area contributed by atoms with Crippen LogP contribution < -0.4 is 9.26 Å². The fraction of sp³-hybridized carbons (Fsp3) is 0.140. The summed E-state index contributed by atoms with van der Waals surface area (Å²) in [5, 5.41) is 0. The van der Waals surface area contributed by atoms with Crippen LogP contribution in [0.3, 0.4) is 0 Å². The molecule has 1 aliphatic heterocycles. The Balaban J connectivity index is 1.38. The summed E-state index contributed by atoms with van der Waals surface area (Å²) < 4.78 is 32.6. The van der Waals surface area contributed by atoms with E-state index in [0.29, 0.717) is 22.6 Å². The van der Waals surface area contributed by atoms with E-state index in [9.17, 15) is 4.79 Å². The molecule has 7 heteroatoms. The number of hydrogen-bond acceptors (Lipinski definition) is 6. The fourth-order valence-corrected chi connectivity index (χ4v) is 8.00. The Kier molecular flexibility index (Phi) is 9.26. The van der Waals surface area contributed by atoms with Gasteiger partial charge in [0.25, 0.3) is 0 Å². The van der Waals surface area contributed by atoms with Crippen molar-refractivity contribution in [2.45, 2.75) is 37.6 Å². The molecule has 0 amide bonds. The Morgan fingerprint density at radius 1 is 0.500 bits per heavy atom. The molecule has 1 heterocycles. The minimum Gasteiger partial charge on any atom is -0.428 e. The maximum absolute atomic E-state index is 12.7. The van der Waals surface area contributed by atoms with Crippen molar-refractivity contribution in [2.24, 2.45) is 0 Å². The predicted octanol–water partition coefficient (Wildman–Crippen LogP) is 11.2. The van der Waals surface area contributed by atoms with Crippen LogP contribution in [0.4, 0.5) is 4.79 Å². The molecule has 6 aromatic carbocycles. The molecule has 0 aliphatic carbocycles. The van der Waals surface area contributed by atoms with Gasteiger partial charge >= 0.3 is 14.8 Å². The van der Waals surface area contributed by atoms with E-state index < -0.39 is 31.6 Å². The zero-order valence-electron chi connectivity index (χ0n) is 28.1. The van der Waals surface area contributed by atoms with Crippen molar-refractivity contribution in [3.63, 3.8) is 0 Å². The summed E-state index contributed by atoms with van der Waals surface area (Å²) in [4.78, 5) is 12.7. The highest BCUT2D eigenvalue weighted by Gasteiger charge is 2.67. The summed E-state index contributed by atoms with van der Waals surface area (Å²) in [6.07, 6.45) is -0.791. The van der Waals surface area contributed by atoms with Gasteiger partial charge in [-0.1, -0.05) is 158 Å². The second-order valence-electron chi connectivity index (χ2n) is 12.9. The van der Waals surface area contributed by atoms with Crippen molar-refractivity contribution >= 4 is 14.8 Å². The van der Waals surface area contributed by atoms with Gasteiger partial charge in [-0.15, -0.1) is 0 Å². The third kappa shape index (κ3) is 6.30. The third-order valence-electron chi connectivity index (χ3n) is 8.46. The standard InChI is InChI=1S/C43H37O6P/c1-41(2,3)46-40(44)45-38-30-18-16-28-36(38)37-29-17-19-31-39(37)47-50-48-42(32-20-8-4-9-21-32,33-22-10-5-11-23-33)43(49-50,34-24-12-6-13-25-34)35-26-14-7-15-27-35/h4-31H,1-3H3. The number of carbonyl (C=O) groups excluding carboxylic acids is 1. The average Bonchev–Trinajstić information content (AvgIpc) is 3.49. The lowest BCUT2D eigenvalue weighted by Gasteiger charge is -2.43. The molecule has 0 aromatic heterocycles. The zero-order valence-corrected chi connectivity index (χ0v) is 29.0. The lowest BCUT2D eigenvalue weighted by Crippen LogP contribution is -2.48. The topological polar surface area (TPSA) is 63.2 Å². The van der Waals surface area contributed by atoms with Gasteiger partial charge in [0.15, 0.2) is 11.2 Å². The van der Waals surface area contributed by atoms with E-state index in [0.717, 1.165) is 22.3 Å². The fourth-order valence-electron chi connectivity index (χ4n) is 6.44. The van der Waals surface area contributed by atoms with Gasteiger partial charge in [0.1, 0.15) is 17.1 Å². The van der Waals surface area contributed by atoms with Crippen LogP contribution in [-0.4, -0.2) is 11.8 Å². The van der Waals surface area contributed by atoms with Gasteiger partial charge in [-0.25, -0.2) is 4.79 Å². The number of ether oxygens (including phenoxy) is 2. The number of para-hydroxylation sites is 2. The molecule has 6 nitrogen and oxygen atoms in total. The van der Waals surface area contributed by atoms with Crippen molar-refractivity contribution in [1.29, 1.82) is 0 Å². The molecule has 0 spiro atoms. The van der Waals surface area contributed by atoms with Crippen LogP contribution in [-0.2, 0) is 25.0 Å². The summed E-state index contributed by atoms with van der Waals surface area (Å²) in [5.74, 6) is 0.843. The number of hydrogen-bond donors (Lipinski definition) is 0. The van der Waals surface area contributed by atoms with Crippen molar-refractivity contribution in [3.8, 4) is 22.6 Å². The van der Waals surface area contributed by atoms with Crippen LogP contribution in [0.2, 0.25) is 0 Å². The predicted molar refractivity (Wildman–Crippen MR) is 196 cm³/mol. The first kappa shape index (κ1) is 33.2. The highest BCUT2D eigenvalue weighted by atomic mass is 31.2. The average molecular weight is 681 g/mol. The second kappa shape index (κ2) is 13.9. The Labute approximate surface area is 294 Å². The summed E-state index contributed by atoms with van der Waals surface area (Å²) in [6.45, 7) is 5.38. The molecule has 0 N–H and O–H groups in total. The van der Waals surface area contributed by atoms with Gasteiger partial charge in [0.05, 0.1) is 0 Å². The SMILES string of the molecule is CC(C)(C)OC(=O)Oc1ccccc1-c1ccccc1OP1OC(c2ccccc2)(c2ccccc2)C(c2ccccc2)(c2ccccc2)O1. The summed E-state index contributed by atoms with van der Waals surface area (Å²) in [5.41, 5.74) is 1.96. The van der Waals surface area contributed by atoms with Gasteiger partial charge in [0, 0.05) is 11.1 Å². The molecule has 0 bridgehead atoms. The van der Waals surface area contributed by atoms with Crippen molar-refractivity contribution in [1.82, 2.24) is 0 Å². The van der Waals surface area contributed by atoms with E-state index in [-0.39, 0.29) is 0 Å². The van der Waals surface area contributed by atoms with Gasteiger partial charge in [0.2, 0.25) is 0 Å². The molecule has 250 valence electrons. The van der Waals surface area contributed by atoms with E-state index in [2.05, 4.69) is 48.5 Å². The van der Waals surface area contributed by atoms with E-state index >= 15 is 0 Å². The Hall–Kier alpha value is -5.26. The summed E-state index contributed by atoms with van der Waals surface area (Å²) >= 11 is 0. The maximum Gasteiger partial charge on any atom is 0.514 e. The van der Waals surface area contributed by atoms with Crippen LogP contribution in [0, 0.1) is 0 Å². The maximum atomic E-state index is 12.7. The van der Waals surface area contributed by atoms with Crippen molar-refractivity contribution in [2.75, 3.05) is 0 Å². The smallest absolute Gasteiger partial charge is 0.428 e. The van der Waals surface area contributed by atoms with Crippen LogP contribution >= 0.6 is 8.60 Å². The molecule has 50 heavy (non-hydrogen) atoms. The van der Waals surface area contributed by atoms with Gasteiger partial charge < -0.3 is 14.0 Å². The molecule has 0 unspecified atom stereocenters. The Morgan fingerprint density at radius 3 is 1.24 bits per heavy atom. The Bertz CT molecular complexity index is 1880. The molecule has 0 atom stereocenters. The molecular formula is C43H37O6P. The normalized spacial score (nSPS) is 15.3. The number of benzene rings is 6. The molecular weight excluding hydrogens is 643 g/mol. The van der Waals surface area contributed by atoms with Crippen LogP contribution in [0.1, 0.15) is 43.0 Å². The van der Waals surface area contributed by atoms with E-state index in [4.69, 9.17) is 23.0 Å². The monoisotopic (exact) mass is 680 g/mol. The van der Waals surface area contributed by atoms with E-state index in [1.807, 2.05) is 115 Å². The third-order valence-corrected chi connectivity index (χ3v) is 9.65. The highest BCUT2D eigenvalue weighted by molar-refractivity contribution is 7.42. The van der Waals surface area contributed by atoms with Crippen molar-refractivity contribution < 1.29 is 27.8 Å². The highest BCUT2D eigenvalue weighted by Crippen LogP contribution is 2.70. The first-order valence-corrected chi connectivity index (χ1v) is 17.6. The number of carbonyl (C=O) groups is 1. The molecule has 1 saturated heterocycles.